The summed E-state index contributed by atoms with van der Waals surface area (Å²) < 4.78 is 0. The van der Waals surface area contributed by atoms with Crippen molar-refractivity contribution in [3.8, 4) is 0 Å². The van der Waals surface area contributed by atoms with Gasteiger partial charge in [0.2, 0.25) is 0 Å². The van der Waals surface area contributed by atoms with Crippen LogP contribution >= 0.6 is 0 Å². The van der Waals surface area contributed by atoms with Crippen molar-refractivity contribution in [2.75, 3.05) is 7.05 Å². The number of hydrogen-bond acceptors (Lipinski definition) is 3. The first-order valence-electron chi connectivity index (χ1n) is 3.67. The zero-order chi connectivity index (χ0) is 9.72. The minimum Gasteiger partial charge on any atom is -0.481 e. The van der Waals surface area contributed by atoms with E-state index < -0.39 is 23.9 Å². The first-order valence-corrected chi connectivity index (χ1v) is 3.67. The highest BCUT2D eigenvalue weighted by molar-refractivity contribution is 5.82. The highest BCUT2D eigenvalue weighted by Gasteiger charge is 2.30. The van der Waals surface area contributed by atoms with Crippen LogP contribution in [-0.2, 0) is 9.59 Å². The molecule has 0 aromatic carbocycles. The summed E-state index contributed by atoms with van der Waals surface area (Å²) in [5.41, 5.74) is 0. The minimum atomic E-state index is -1.13. The highest BCUT2D eigenvalue weighted by atomic mass is 16.4. The average molecular weight is 175 g/mol. The number of likely N-dealkylation sites (N-methyl/N-ethyl adjacent to an activating group) is 1. The zero-order valence-corrected chi connectivity index (χ0v) is 7.07. The Balaban J connectivity index is 4.44. The smallest absolute Gasteiger partial charge is 0.321 e. The van der Waals surface area contributed by atoms with Crippen molar-refractivity contribution < 1.29 is 19.8 Å². The molecular weight excluding hydrogens is 162 g/mol. The summed E-state index contributed by atoms with van der Waals surface area (Å²) in [7, 11) is 1.43. The summed E-state index contributed by atoms with van der Waals surface area (Å²) in [6.07, 6.45) is 0.299. The summed E-state index contributed by atoms with van der Waals surface area (Å²) >= 11 is 0. The summed E-state index contributed by atoms with van der Waals surface area (Å²) in [4.78, 5) is 21.0. The normalized spacial score (nSPS) is 15.2. The second kappa shape index (κ2) is 4.71. The van der Waals surface area contributed by atoms with Crippen molar-refractivity contribution in [1.82, 2.24) is 5.32 Å². The number of hydrogen-bond donors (Lipinski definition) is 3. The second-order valence-electron chi connectivity index (χ2n) is 2.46. The predicted molar refractivity (Wildman–Crippen MR) is 41.9 cm³/mol. The lowest BCUT2D eigenvalue weighted by molar-refractivity contribution is -0.150. The van der Waals surface area contributed by atoms with Crippen LogP contribution in [0.2, 0.25) is 0 Å². The molecule has 0 amide bonds. The van der Waals surface area contributed by atoms with Crippen LogP contribution in [0.3, 0.4) is 0 Å². The Morgan fingerprint density at radius 1 is 1.33 bits per heavy atom. The summed E-state index contributed by atoms with van der Waals surface area (Å²) in [6.45, 7) is 1.64. The van der Waals surface area contributed by atoms with Crippen LogP contribution in [0.5, 0.6) is 0 Å². The lowest BCUT2D eigenvalue weighted by atomic mass is 9.97. The van der Waals surface area contributed by atoms with Crippen molar-refractivity contribution in [2.45, 2.75) is 19.4 Å². The van der Waals surface area contributed by atoms with Crippen LogP contribution in [-0.4, -0.2) is 35.2 Å². The average Bonchev–Trinajstić information content (AvgIpc) is 1.98. The molecule has 0 radical (unpaired) electrons. The molecule has 0 heterocycles. The number of aliphatic carboxylic acids is 2. The van der Waals surface area contributed by atoms with Gasteiger partial charge in [0.05, 0.1) is 5.92 Å². The Bertz CT molecular complexity index is 160. The van der Waals surface area contributed by atoms with E-state index in [0.29, 0.717) is 6.42 Å². The third-order valence-electron chi connectivity index (χ3n) is 1.74. The summed E-state index contributed by atoms with van der Waals surface area (Å²) in [5.74, 6) is -3.08. The van der Waals surface area contributed by atoms with Gasteiger partial charge in [-0.2, -0.15) is 0 Å². The van der Waals surface area contributed by atoms with E-state index in [1.165, 1.54) is 7.05 Å². The zero-order valence-electron chi connectivity index (χ0n) is 7.07. The topological polar surface area (TPSA) is 86.6 Å². The summed E-state index contributed by atoms with van der Waals surface area (Å²) in [6, 6.07) is -1.01. The van der Waals surface area contributed by atoms with Gasteiger partial charge in [0, 0.05) is 0 Å². The first-order chi connectivity index (χ1) is 5.54. The lowest BCUT2D eigenvalue weighted by Crippen LogP contribution is -2.43. The molecule has 0 saturated carbocycles. The fourth-order valence-electron chi connectivity index (χ4n) is 1.05. The lowest BCUT2D eigenvalue weighted by Gasteiger charge is -2.17. The fourth-order valence-corrected chi connectivity index (χ4v) is 1.05. The quantitative estimate of drug-likeness (QED) is 0.537. The molecule has 5 nitrogen and oxygen atoms in total. The van der Waals surface area contributed by atoms with E-state index in [1.807, 2.05) is 0 Å². The SMILES string of the molecule is CCC(C(=O)O)C(NC)C(=O)O. The van der Waals surface area contributed by atoms with Gasteiger partial charge >= 0.3 is 11.9 Å². The number of carboxylic acids is 2. The first kappa shape index (κ1) is 10.9. The largest absolute Gasteiger partial charge is 0.481 e. The third kappa shape index (κ3) is 2.50. The van der Waals surface area contributed by atoms with Crippen molar-refractivity contribution in [2.24, 2.45) is 5.92 Å². The molecule has 0 fully saturated rings. The van der Waals surface area contributed by atoms with E-state index in [0.717, 1.165) is 0 Å². The Hall–Kier alpha value is -1.10. The van der Waals surface area contributed by atoms with Crippen LogP contribution in [0, 0.1) is 5.92 Å². The van der Waals surface area contributed by atoms with Gasteiger partial charge in [0.15, 0.2) is 0 Å². The van der Waals surface area contributed by atoms with Crippen molar-refractivity contribution >= 4 is 11.9 Å². The molecule has 5 heteroatoms. The maximum atomic E-state index is 10.5. The maximum Gasteiger partial charge on any atom is 0.321 e. The van der Waals surface area contributed by atoms with Gasteiger partial charge in [-0.25, -0.2) is 0 Å². The van der Waals surface area contributed by atoms with E-state index in [9.17, 15) is 9.59 Å². The molecule has 0 bridgehead atoms. The molecule has 0 saturated heterocycles. The number of carbonyl (C=O) groups is 2. The van der Waals surface area contributed by atoms with Gasteiger partial charge in [-0.15, -0.1) is 0 Å². The van der Waals surface area contributed by atoms with Crippen LogP contribution in [0.1, 0.15) is 13.3 Å². The fraction of sp³-hybridized carbons (Fsp3) is 0.714. The van der Waals surface area contributed by atoms with Crippen LogP contribution in [0.4, 0.5) is 0 Å². The monoisotopic (exact) mass is 175 g/mol. The second-order valence-corrected chi connectivity index (χ2v) is 2.46. The van der Waals surface area contributed by atoms with Gasteiger partial charge in [0.1, 0.15) is 6.04 Å². The molecule has 0 rings (SSSR count). The number of rotatable bonds is 5. The van der Waals surface area contributed by atoms with E-state index in [-0.39, 0.29) is 0 Å². The Labute approximate surface area is 70.4 Å². The van der Waals surface area contributed by atoms with Gasteiger partial charge in [-0.3, -0.25) is 9.59 Å². The van der Waals surface area contributed by atoms with Crippen LogP contribution in [0.25, 0.3) is 0 Å². The van der Waals surface area contributed by atoms with Crippen molar-refractivity contribution in [3.63, 3.8) is 0 Å². The molecular formula is C7H13NO4. The standard InChI is InChI=1S/C7H13NO4/c1-3-4(6(9)10)5(8-2)7(11)12/h4-5,8H,3H2,1-2H3,(H,9,10)(H,11,12). The Morgan fingerprint density at radius 2 is 1.83 bits per heavy atom. The number of nitrogens with one attached hydrogen (secondary N) is 1. The predicted octanol–water partition coefficient (Wildman–Crippen LogP) is -0.230. The molecule has 2 atom stereocenters. The van der Waals surface area contributed by atoms with Crippen molar-refractivity contribution in [3.05, 3.63) is 0 Å². The number of carboxylic acid groups (broad SMARTS) is 2. The summed E-state index contributed by atoms with van der Waals surface area (Å²) in [5, 5.41) is 19.7. The molecule has 2 unspecified atom stereocenters. The van der Waals surface area contributed by atoms with E-state index >= 15 is 0 Å². The van der Waals surface area contributed by atoms with Gasteiger partial charge in [0.25, 0.3) is 0 Å². The molecule has 0 spiro atoms. The Morgan fingerprint density at radius 3 is 1.92 bits per heavy atom. The third-order valence-corrected chi connectivity index (χ3v) is 1.74. The molecule has 12 heavy (non-hydrogen) atoms. The van der Waals surface area contributed by atoms with E-state index in [2.05, 4.69) is 5.32 Å². The van der Waals surface area contributed by atoms with E-state index in [1.54, 1.807) is 6.92 Å². The van der Waals surface area contributed by atoms with Gasteiger partial charge in [-0.1, -0.05) is 6.92 Å². The molecule has 0 aromatic rings. The maximum absolute atomic E-state index is 10.5. The molecule has 0 aromatic heterocycles. The van der Waals surface area contributed by atoms with Crippen LogP contribution in [0.15, 0.2) is 0 Å². The minimum absolute atomic E-state index is 0.299. The molecule has 0 aliphatic heterocycles. The van der Waals surface area contributed by atoms with E-state index in [4.69, 9.17) is 10.2 Å². The van der Waals surface area contributed by atoms with Gasteiger partial charge < -0.3 is 15.5 Å². The molecule has 70 valence electrons. The molecule has 0 aliphatic carbocycles. The van der Waals surface area contributed by atoms with Gasteiger partial charge in [-0.05, 0) is 13.5 Å². The molecule has 3 N–H and O–H groups in total. The van der Waals surface area contributed by atoms with Crippen LogP contribution < -0.4 is 5.32 Å². The molecule has 0 aliphatic rings. The van der Waals surface area contributed by atoms with Crippen molar-refractivity contribution in [1.29, 1.82) is 0 Å². The Kier molecular flexibility index (Phi) is 4.28. The highest BCUT2D eigenvalue weighted by Crippen LogP contribution is 2.08.